The fourth-order valence-corrected chi connectivity index (χ4v) is 5.04. The van der Waals surface area contributed by atoms with Crippen LogP contribution in [0.1, 0.15) is 23.6 Å². The molecule has 9 heteroatoms. The van der Waals surface area contributed by atoms with Crippen LogP contribution in [0.15, 0.2) is 71.6 Å². The van der Waals surface area contributed by atoms with Crippen LogP contribution in [-0.2, 0) is 27.8 Å². The monoisotopic (exact) mass is 496 g/mol. The molecule has 1 aliphatic rings. The van der Waals surface area contributed by atoms with Crippen molar-refractivity contribution < 1.29 is 27.4 Å². The van der Waals surface area contributed by atoms with E-state index >= 15 is 0 Å². The molecule has 0 saturated heterocycles. The van der Waals surface area contributed by atoms with Crippen LogP contribution in [0.25, 0.3) is 0 Å². The summed E-state index contributed by atoms with van der Waals surface area (Å²) in [5.41, 5.74) is 2.34. The maximum atomic E-state index is 13.2. The Balaban J connectivity index is 1.51. The molecule has 3 aromatic rings. The number of amides is 1. The molecule has 0 aliphatic carbocycles. The van der Waals surface area contributed by atoms with E-state index in [1.54, 1.807) is 25.1 Å². The van der Waals surface area contributed by atoms with Crippen molar-refractivity contribution in [3.05, 3.63) is 83.4 Å². The van der Waals surface area contributed by atoms with Crippen molar-refractivity contribution in [1.29, 1.82) is 0 Å². The highest BCUT2D eigenvalue weighted by Crippen LogP contribution is 2.32. The van der Waals surface area contributed by atoms with Crippen molar-refractivity contribution >= 4 is 15.9 Å². The third-order valence-corrected chi connectivity index (χ3v) is 7.03. The summed E-state index contributed by atoms with van der Waals surface area (Å²) in [6.45, 7) is 4.50. The van der Waals surface area contributed by atoms with Gasteiger partial charge in [0.2, 0.25) is 22.7 Å². The van der Waals surface area contributed by atoms with Crippen molar-refractivity contribution in [2.24, 2.45) is 0 Å². The minimum Gasteiger partial charge on any atom is -0.494 e. The molecule has 1 aliphatic heterocycles. The number of nitrogens with one attached hydrogen (secondary N) is 2. The second-order valence-electron chi connectivity index (χ2n) is 8.13. The number of benzene rings is 3. The average molecular weight is 497 g/mol. The smallest absolute Gasteiger partial charge is 0.241 e. The third-order valence-electron chi connectivity index (χ3n) is 5.56. The van der Waals surface area contributed by atoms with E-state index in [-0.39, 0.29) is 24.7 Å². The molecule has 1 amide bonds. The first-order valence-electron chi connectivity index (χ1n) is 11.3. The summed E-state index contributed by atoms with van der Waals surface area (Å²) in [7, 11) is -3.97. The summed E-state index contributed by atoms with van der Waals surface area (Å²) in [5.74, 6) is 1.45. The standard InChI is InChI=1S/C26H28N2O6S/c1-3-32-23-12-10-21(13-18(23)2)35(30,31)28-22(14-19-7-5-4-6-8-19)26(29)27-16-20-9-11-24-25(15-20)34-17-33-24/h4-13,15,22,28H,3,14,16-17H2,1-2H3,(H,27,29)/t22-/m0/s1. The minimum absolute atomic E-state index is 0.0695. The van der Waals surface area contributed by atoms with Crippen LogP contribution < -0.4 is 24.2 Å². The van der Waals surface area contributed by atoms with Gasteiger partial charge < -0.3 is 19.5 Å². The number of hydrogen-bond donors (Lipinski definition) is 2. The largest absolute Gasteiger partial charge is 0.494 e. The van der Waals surface area contributed by atoms with E-state index in [9.17, 15) is 13.2 Å². The van der Waals surface area contributed by atoms with E-state index in [2.05, 4.69) is 10.0 Å². The molecule has 3 aromatic carbocycles. The Morgan fingerprint density at radius 1 is 1.00 bits per heavy atom. The Bertz CT molecular complexity index is 1290. The van der Waals surface area contributed by atoms with Gasteiger partial charge in [-0.3, -0.25) is 4.79 Å². The van der Waals surface area contributed by atoms with E-state index in [4.69, 9.17) is 14.2 Å². The number of carbonyl (C=O) groups is 1. The second kappa shape index (κ2) is 10.8. The first-order chi connectivity index (χ1) is 16.9. The zero-order chi connectivity index (χ0) is 24.8. The van der Waals surface area contributed by atoms with Crippen molar-refractivity contribution in [2.45, 2.75) is 37.8 Å². The number of hydrogen-bond acceptors (Lipinski definition) is 6. The molecule has 8 nitrogen and oxygen atoms in total. The molecule has 1 atom stereocenters. The zero-order valence-electron chi connectivity index (χ0n) is 19.6. The molecular formula is C26H28N2O6S. The lowest BCUT2D eigenvalue weighted by molar-refractivity contribution is -0.122. The highest BCUT2D eigenvalue weighted by atomic mass is 32.2. The lowest BCUT2D eigenvalue weighted by Gasteiger charge is -2.19. The molecule has 0 fully saturated rings. The summed E-state index contributed by atoms with van der Waals surface area (Å²) < 4.78 is 45.2. The molecule has 0 unspecified atom stereocenters. The maximum Gasteiger partial charge on any atom is 0.241 e. The molecule has 0 saturated carbocycles. The molecule has 0 radical (unpaired) electrons. The Morgan fingerprint density at radius 3 is 2.51 bits per heavy atom. The Morgan fingerprint density at radius 2 is 1.77 bits per heavy atom. The highest BCUT2D eigenvalue weighted by Gasteiger charge is 2.26. The zero-order valence-corrected chi connectivity index (χ0v) is 20.4. The summed E-state index contributed by atoms with van der Waals surface area (Å²) in [4.78, 5) is 13.2. The maximum absolute atomic E-state index is 13.2. The van der Waals surface area contributed by atoms with Gasteiger partial charge in [0, 0.05) is 6.54 Å². The minimum atomic E-state index is -3.97. The summed E-state index contributed by atoms with van der Waals surface area (Å²) in [6, 6.07) is 18.3. The lowest BCUT2D eigenvalue weighted by atomic mass is 10.1. The Hall–Kier alpha value is -3.56. The molecule has 0 spiro atoms. The van der Waals surface area contributed by atoms with Crippen LogP contribution in [0.3, 0.4) is 0 Å². The summed E-state index contributed by atoms with van der Waals surface area (Å²) in [5, 5.41) is 2.84. The van der Waals surface area contributed by atoms with Crippen LogP contribution in [0.5, 0.6) is 17.2 Å². The summed E-state index contributed by atoms with van der Waals surface area (Å²) in [6.07, 6.45) is 0.197. The molecule has 35 heavy (non-hydrogen) atoms. The predicted octanol–water partition coefficient (Wildman–Crippen LogP) is 3.33. The van der Waals surface area contributed by atoms with Gasteiger partial charge in [0.05, 0.1) is 11.5 Å². The topological polar surface area (TPSA) is 103 Å². The van der Waals surface area contributed by atoms with E-state index in [0.717, 1.165) is 11.1 Å². The van der Waals surface area contributed by atoms with Gasteiger partial charge >= 0.3 is 0 Å². The quantitative estimate of drug-likeness (QED) is 0.446. The summed E-state index contributed by atoms with van der Waals surface area (Å²) >= 11 is 0. The first-order valence-corrected chi connectivity index (χ1v) is 12.8. The van der Waals surface area contributed by atoms with Gasteiger partial charge in [-0.2, -0.15) is 4.72 Å². The molecule has 0 bridgehead atoms. The Kier molecular flexibility index (Phi) is 7.57. The van der Waals surface area contributed by atoms with Crippen LogP contribution in [0.2, 0.25) is 0 Å². The molecule has 4 rings (SSSR count). The van der Waals surface area contributed by atoms with Crippen LogP contribution in [-0.4, -0.2) is 33.8 Å². The van der Waals surface area contributed by atoms with Crippen LogP contribution >= 0.6 is 0 Å². The van der Waals surface area contributed by atoms with Crippen molar-refractivity contribution in [2.75, 3.05) is 13.4 Å². The highest BCUT2D eigenvalue weighted by molar-refractivity contribution is 7.89. The molecule has 1 heterocycles. The van der Waals surface area contributed by atoms with Gasteiger partial charge in [-0.25, -0.2) is 8.42 Å². The molecule has 184 valence electrons. The van der Waals surface area contributed by atoms with Crippen LogP contribution in [0, 0.1) is 6.92 Å². The van der Waals surface area contributed by atoms with Gasteiger partial charge in [0.15, 0.2) is 11.5 Å². The molecule has 2 N–H and O–H groups in total. The van der Waals surface area contributed by atoms with Gasteiger partial charge in [0.25, 0.3) is 0 Å². The van der Waals surface area contributed by atoms with Gasteiger partial charge in [0.1, 0.15) is 11.8 Å². The SMILES string of the molecule is CCOc1ccc(S(=O)(=O)N[C@@H](Cc2ccccc2)C(=O)NCc2ccc3c(c2)OCO3)cc1C. The number of aryl methyl sites for hydroxylation is 1. The molecule has 0 aromatic heterocycles. The second-order valence-corrected chi connectivity index (χ2v) is 9.84. The first kappa shape index (κ1) is 24.6. The number of sulfonamides is 1. The number of fused-ring (bicyclic) bond motifs is 1. The van der Waals surface area contributed by atoms with Crippen molar-refractivity contribution in [1.82, 2.24) is 10.0 Å². The lowest BCUT2D eigenvalue weighted by Crippen LogP contribution is -2.47. The molecular weight excluding hydrogens is 468 g/mol. The number of ether oxygens (including phenoxy) is 3. The fraction of sp³-hybridized carbons (Fsp3) is 0.269. The number of rotatable bonds is 10. The van der Waals surface area contributed by atoms with Crippen molar-refractivity contribution in [3.8, 4) is 17.2 Å². The predicted molar refractivity (Wildman–Crippen MR) is 131 cm³/mol. The average Bonchev–Trinajstić information content (AvgIpc) is 3.32. The van der Waals surface area contributed by atoms with E-state index < -0.39 is 22.0 Å². The Labute approximate surface area is 205 Å². The normalized spacial score (nSPS) is 13.3. The van der Waals surface area contributed by atoms with E-state index in [1.807, 2.05) is 43.3 Å². The fourth-order valence-electron chi connectivity index (χ4n) is 3.76. The third kappa shape index (κ3) is 6.12. The van der Waals surface area contributed by atoms with Crippen molar-refractivity contribution in [3.63, 3.8) is 0 Å². The van der Waals surface area contributed by atoms with E-state index in [1.165, 1.54) is 12.1 Å². The van der Waals surface area contributed by atoms with Gasteiger partial charge in [-0.15, -0.1) is 0 Å². The van der Waals surface area contributed by atoms with Gasteiger partial charge in [-0.05, 0) is 67.3 Å². The van der Waals surface area contributed by atoms with Crippen LogP contribution in [0.4, 0.5) is 0 Å². The van der Waals surface area contributed by atoms with Gasteiger partial charge in [-0.1, -0.05) is 36.4 Å². The number of carbonyl (C=O) groups excluding carboxylic acids is 1. The van der Waals surface area contributed by atoms with E-state index in [0.29, 0.717) is 29.4 Å².